The molecule has 6 nitrogen and oxygen atoms in total. The number of pyridine rings is 1. The fourth-order valence-electron chi connectivity index (χ4n) is 2.60. The van der Waals surface area contributed by atoms with E-state index in [9.17, 15) is 14.4 Å². The second kappa shape index (κ2) is 8.58. The van der Waals surface area contributed by atoms with Gasteiger partial charge in [0.05, 0.1) is 0 Å². The summed E-state index contributed by atoms with van der Waals surface area (Å²) in [5, 5.41) is 2.75. The van der Waals surface area contributed by atoms with Gasteiger partial charge in [0, 0.05) is 37.2 Å². The molecular formula is C21H25N3O3. The van der Waals surface area contributed by atoms with Crippen LogP contribution in [-0.2, 0) is 16.0 Å². The topological polar surface area (TPSA) is 79.4 Å². The smallest absolute Gasteiger partial charge is 0.239 e. The maximum Gasteiger partial charge on any atom is 0.239 e. The Kier molecular flexibility index (Phi) is 6.45. The quantitative estimate of drug-likeness (QED) is 0.603. The lowest BCUT2D eigenvalue weighted by Gasteiger charge is -2.28. The molecule has 2 amide bonds. The number of carbonyl (C=O) groups excluding carboxylic acids is 3. The number of hydrogen-bond acceptors (Lipinski definition) is 4. The van der Waals surface area contributed by atoms with Gasteiger partial charge in [-0.25, -0.2) is 0 Å². The Bertz CT molecular complexity index is 814. The van der Waals surface area contributed by atoms with E-state index >= 15 is 0 Å². The first-order valence-electron chi connectivity index (χ1n) is 8.78. The van der Waals surface area contributed by atoms with Crippen LogP contribution >= 0.6 is 0 Å². The number of nitrogens with one attached hydrogen (secondary N) is 1. The van der Waals surface area contributed by atoms with Crippen LogP contribution in [0.3, 0.4) is 0 Å². The number of likely N-dealkylation sites (N-methyl/N-ethyl adjacent to an activating group) is 1. The lowest BCUT2D eigenvalue weighted by Crippen LogP contribution is -2.46. The lowest BCUT2D eigenvalue weighted by molar-refractivity contribution is -0.145. The number of ketones is 1. The third-order valence-electron chi connectivity index (χ3n) is 4.48. The predicted octanol–water partition coefficient (Wildman–Crippen LogP) is 2.95. The molecule has 0 aliphatic carbocycles. The first kappa shape index (κ1) is 20.3. The molecule has 0 fully saturated rings. The number of rotatable bonds is 7. The monoisotopic (exact) mass is 367 g/mol. The van der Waals surface area contributed by atoms with Gasteiger partial charge in [-0.05, 0) is 69.2 Å². The normalized spacial score (nSPS) is 11.0. The van der Waals surface area contributed by atoms with Gasteiger partial charge in [0.2, 0.25) is 11.8 Å². The maximum absolute atomic E-state index is 12.8. The van der Waals surface area contributed by atoms with Gasteiger partial charge >= 0.3 is 0 Å². The Morgan fingerprint density at radius 2 is 1.63 bits per heavy atom. The van der Waals surface area contributed by atoms with Crippen LogP contribution in [0, 0.1) is 5.41 Å². The number of anilines is 1. The predicted molar refractivity (Wildman–Crippen MR) is 104 cm³/mol. The SMILES string of the molecule is CC(=O)c1ccc(NC(=O)C(C)(C)C(=O)N(C)CCc2ccncc2)cc1. The van der Waals surface area contributed by atoms with E-state index in [2.05, 4.69) is 10.3 Å². The number of amides is 2. The molecule has 27 heavy (non-hydrogen) atoms. The minimum atomic E-state index is -1.22. The van der Waals surface area contributed by atoms with Gasteiger partial charge in [0.25, 0.3) is 0 Å². The standard InChI is InChI=1S/C21H25N3O3/c1-15(25)17-5-7-18(8-6-17)23-19(26)21(2,3)20(27)24(4)14-11-16-9-12-22-13-10-16/h5-10,12-13H,11,14H2,1-4H3,(H,23,26). The number of Topliss-reactive ketones (excluding diaryl/α,β-unsaturated/α-hetero) is 1. The highest BCUT2D eigenvalue weighted by Gasteiger charge is 2.38. The molecule has 1 aromatic heterocycles. The second-order valence-electron chi connectivity index (χ2n) is 7.04. The highest BCUT2D eigenvalue weighted by atomic mass is 16.2. The summed E-state index contributed by atoms with van der Waals surface area (Å²) >= 11 is 0. The molecule has 0 aliphatic rings. The van der Waals surface area contributed by atoms with Gasteiger partial charge in [0.15, 0.2) is 5.78 Å². The molecule has 142 valence electrons. The highest BCUT2D eigenvalue weighted by Crippen LogP contribution is 2.22. The molecule has 0 aliphatic heterocycles. The number of benzene rings is 1. The van der Waals surface area contributed by atoms with Gasteiger partial charge in [-0.2, -0.15) is 0 Å². The number of hydrogen-bond donors (Lipinski definition) is 1. The second-order valence-corrected chi connectivity index (χ2v) is 7.04. The molecule has 0 bridgehead atoms. The van der Waals surface area contributed by atoms with Crippen LogP contribution in [0.25, 0.3) is 0 Å². The third-order valence-corrected chi connectivity index (χ3v) is 4.48. The summed E-state index contributed by atoms with van der Waals surface area (Å²) in [6.07, 6.45) is 4.12. The Labute approximate surface area is 159 Å². The van der Waals surface area contributed by atoms with E-state index in [1.165, 1.54) is 6.92 Å². The molecule has 0 atom stereocenters. The molecule has 1 heterocycles. The summed E-state index contributed by atoms with van der Waals surface area (Å²) < 4.78 is 0. The van der Waals surface area contributed by atoms with E-state index < -0.39 is 5.41 Å². The fraction of sp³-hybridized carbons (Fsp3) is 0.333. The first-order chi connectivity index (χ1) is 12.7. The van der Waals surface area contributed by atoms with Crippen LogP contribution in [0.1, 0.15) is 36.7 Å². The molecule has 0 unspecified atom stereocenters. The van der Waals surface area contributed by atoms with Crippen LogP contribution < -0.4 is 5.32 Å². The van der Waals surface area contributed by atoms with E-state index in [1.54, 1.807) is 62.5 Å². The zero-order valence-electron chi connectivity index (χ0n) is 16.2. The van der Waals surface area contributed by atoms with Crippen molar-refractivity contribution in [3.8, 4) is 0 Å². The summed E-state index contributed by atoms with van der Waals surface area (Å²) in [6.45, 7) is 5.21. The molecule has 0 saturated heterocycles. The summed E-state index contributed by atoms with van der Waals surface area (Å²) in [5.41, 5.74) is 0.980. The van der Waals surface area contributed by atoms with Crippen LogP contribution in [-0.4, -0.2) is 41.1 Å². The average Bonchev–Trinajstić information content (AvgIpc) is 2.66. The fourth-order valence-corrected chi connectivity index (χ4v) is 2.60. The van der Waals surface area contributed by atoms with E-state index in [0.29, 0.717) is 24.2 Å². The van der Waals surface area contributed by atoms with Gasteiger partial charge in [-0.1, -0.05) is 0 Å². The van der Waals surface area contributed by atoms with E-state index in [0.717, 1.165) is 5.56 Å². The van der Waals surface area contributed by atoms with Crippen molar-refractivity contribution in [1.29, 1.82) is 0 Å². The Hall–Kier alpha value is -3.02. The molecule has 1 aromatic carbocycles. The van der Waals surface area contributed by atoms with Gasteiger partial charge in [0.1, 0.15) is 5.41 Å². The van der Waals surface area contributed by atoms with Crippen molar-refractivity contribution in [3.63, 3.8) is 0 Å². The molecular weight excluding hydrogens is 342 g/mol. The van der Waals surface area contributed by atoms with Crippen molar-refractivity contribution < 1.29 is 14.4 Å². The number of carbonyl (C=O) groups is 3. The van der Waals surface area contributed by atoms with Crippen LogP contribution in [0.15, 0.2) is 48.8 Å². The van der Waals surface area contributed by atoms with Crippen molar-refractivity contribution in [2.75, 3.05) is 18.9 Å². The molecule has 0 spiro atoms. The molecule has 2 aromatic rings. The minimum absolute atomic E-state index is 0.0424. The zero-order chi connectivity index (χ0) is 20.0. The summed E-state index contributed by atoms with van der Waals surface area (Å²) in [5.74, 6) is -0.688. The Morgan fingerprint density at radius 3 is 2.19 bits per heavy atom. The van der Waals surface area contributed by atoms with Gasteiger partial charge < -0.3 is 10.2 Å². The first-order valence-corrected chi connectivity index (χ1v) is 8.78. The molecule has 0 radical (unpaired) electrons. The molecule has 0 saturated carbocycles. The zero-order valence-corrected chi connectivity index (χ0v) is 16.2. The van der Waals surface area contributed by atoms with Crippen LogP contribution in [0.4, 0.5) is 5.69 Å². The van der Waals surface area contributed by atoms with E-state index in [1.807, 2.05) is 12.1 Å². The molecule has 1 N–H and O–H groups in total. The van der Waals surface area contributed by atoms with Crippen molar-refractivity contribution in [3.05, 3.63) is 59.9 Å². The lowest BCUT2D eigenvalue weighted by atomic mass is 9.90. The van der Waals surface area contributed by atoms with Crippen molar-refractivity contribution in [1.82, 2.24) is 9.88 Å². The largest absolute Gasteiger partial charge is 0.345 e. The van der Waals surface area contributed by atoms with Crippen LogP contribution in [0.2, 0.25) is 0 Å². The maximum atomic E-state index is 12.8. The third kappa shape index (κ3) is 5.23. The summed E-state index contributed by atoms with van der Waals surface area (Å²) in [7, 11) is 1.69. The minimum Gasteiger partial charge on any atom is -0.345 e. The van der Waals surface area contributed by atoms with Crippen molar-refractivity contribution >= 4 is 23.3 Å². The Morgan fingerprint density at radius 1 is 1.04 bits per heavy atom. The summed E-state index contributed by atoms with van der Waals surface area (Å²) in [6, 6.07) is 10.4. The Balaban J connectivity index is 1.98. The van der Waals surface area contributed by atoms with Gasteiger partial charge in [-0.3, -0.25) is 19.4 Å². The number of nitrogens with zero attached hydrogens (tertiary/aromatic N) is 2. The highest BCUT2D eigenvalue weighted by molar-refractivity contribution is 6.09. The average molecular weight is 367 g/mol. The summed E-state index contributed by atoms with van der Waals surface area (Å²) in [4.78, 5) is 42.3. The van der Waals surface area contributed by atoms with Crippen LogP contribution in [0.5, 0.6) is 0 Å². The van der Waals surface area contributed by atoms with Crippen molar-refractivity contribution in [2.45, 2.75) is 27.2 Å². The number of aromatic nitrogens is 1. The van der Waals surface area contributed by atoms with Crippen molar-refractivity contribution in [2.24, 2.45) is 5.41 Å². The molecule has 6 heteroatoms. The van der Waals surface area contributed by atoms with E-state index in [4.69, 9.17) is 0 Å². The van der Waals surface area contributed by atoms with Gasteiger partial charge in [-0.15, -0.1) is 0 Å². The molecule has 2 rings (SSSR count). The van der Waals surface area contributed by atoms with E-state index in [-0.39, 0.29) is 17.6 Å².